The fourth-order valence-electron chi connectivity index (χ4n) is 2.43. The first-order valence-electron chi connectivity index (χ1n) is 8.01. The smallest absolute Gasteiger partial charge is 0.284 e. The lowest BCUT2D eigenvalue weighted by Crippen LogP contribution is -3.15. The second-order valence-electron chi connectivity index (χ2n) is 6.00. The van der Waals surface area contributed by atoms with Crippen molar-refractivity contribution in [1.29, 1.82) is 0 Å². The van der Waals surface area contributed by atoms with Crippen LogP contribution in [0, 0.1) is 0 Å². The number of quaternary nitrogens is 1. The molecule has 2 N–H and O–H groups in total. The van der Waals surface area contributed by atoms with Gasteiger partial charge in [-0.3, -0.25) is 9.59 Å². The summed E-state index contributed by atoms with van der Waals surface area (Å²) in [7, 11) is 1.90. The summed E-state index contributed by atoms with van der Waals surface area (Å²) in [6.07, 6.45) is 2.16. The molecular weight excluding hydrogens is 278 g/mol. The van der Waals surface area contributed by atoms with Crippen LogP contribution < -0.4 is 15.1 Å². The van der Waals surface area contributed by atoms with E-state index in [2.05, 4.69) is 5.32 Å². The molecule has 2 atom stereocenters. The largest absolute Gasteiger partial charge is 0.348 e. The van der Waals surface area contributed by atoms with Crippen LogP contribution in [0.1, 0.15) is 26.7 Å². The summed E-state index contributed by atoms with van der Waals surface area (Å²) in [6.45, 7) is 4.80. The second kappa shape index (κ2) is 7.40. The molecule has 120 valence electrons. The molecule has 0 radical (unpaired) electrons. The molecule has 0 heterocycles. The predicted octanol–water partition coefficient (Wildman–Crippen LogP) is 0.221. The summed E-state index contributed by atoms with van der Waals surface area (Å²) in [5, 5.41) is 2.97. The van der Waals surface area contributed by atoms with Crippen molar-refractivity contribution >= 4 is 17.5 Å². The topological polar surface area (TPSA) is 53.9 Å². The number of nitrogens with one attached hydrogen (secondary N) is 2. The number of rotatable bonds is 7. The molecule has 2 rings (SSSR count). The lowest BCUT2D eigenvalue weighted by molar-refractivity contribution is -0.885. The monoisotopic (exact) mass is 304 g/mol. The van der Waals surface area contributed by atoms with Crippen molar-refractivity contribution in [2.45, 2.75) is 38.8 Å². The van der Waals surface area contributed by atoms with Crippen molar-refractivity contribution in [3.63, 3.8) is 0 Å². The first kappa shape index (κ1) is 16.5. The fourth-order valence-corrected chi connectivity index (χ4v) is 2.43. The average molecular weight is 304 g/mol. The number of anilines is 1. The van der Waals surface area contributed by atoms with Gasteiger partial charge in [-0.15, -0.1) is 0 Å². The zero-order valence-corrected chi connectivity index (χ0v) is 13.6. The van der Waals surface area contributed by atoms with Crippen LogP contribution in [0.4, 0.5) is 5.69 Å². The van der Waals surface area contributed by atoms with E-state index < -0.39 is 0 Å². The molecule has 1 aliphatic carbocycles. The molecule has 0 bridgehead atoms. The number of benzene rings is 1. The van der Waals surface area contributed by atoms with Crippen molar-refractivity contribution in [3.8, 4) is 0 Å². The zero-order valence-electron chi connectivity index (χ0n) is 13.6. The van der Waals surface area contributed by atoms with Crippen molar-refractivity contribution in [1.82, 2.24) is 5.32 Å². The van der Waals surface area contributed by atoms with E-state index in [9.17, 15) is 9.59 Å². The molecule has 0 saturated heterocycles. The standard InChI is InChI=1S/C17H25N3O2/c1-4-20(15-8-6-5-7-9-15)17(22)13(2)19(3)12-16(21)18-14-10-11-14/h5-9,13-14H,4,10-12H2,1-3H3,(H,18,21)/p+1/t13-/m1/s1. The maximum Gasteiger partial charge on any atom is 0.284 e. The maximum atomic E-state index is 12.7. The highest BCUT2D eigenvalue weighted by Gasteiger charge is 2.30. The Labute approximate surface area is 132 Å². The Bertz CT molecular complexity index is 514. The van der Waals surface area contributed by atoms with Gasteiger partial charge in [0.2, 0.25) is 0 Å². The Balaban J connectivity index is 1.95. The molecule has 1 aromatic rings. The molecular formula is C17H26N3O2+. The third-order valence-corrected chi connectivity index (χ3v) is 4.14. The molecule has 5 heteroatoms. The Hall–Kier alpha value is -1.88. The molecule has 5 nitrogen and oxygen atoms in total. The van der Waals surface area contributed by atoms with E-state index in [0.29, 0.717) is 19.1 Å². The van der Waals surface area contributed by atoms with Gasteiger partial charge in [0.15, 0.2) is 12.6 Å². The number of hydrogen-bond donors (Lipinski definition) is 2. The molecule has 1 fully saturated rings. The highest BCUT2D eigenvalue weighted by molar-refractivity contribution is 5.96. The Kier molecular flexibility index (Phi) is 5.55. The van der Waals surface area contributed by atoms with Gasteiger partial charge >= 0.3 is 0 Å². The molecule has 1 unspecified atom stereocenters. The normalized spacial score (nSPS) is 16.7. The highest BCUT2D eigenvalue weighted by atomic mass is 16.2. The van der Waals surface area contributed by atoms with Gasteiger partial charge in [-0.25, -0.2) is 0 Å². The van der Waals surface area contributed by atoms with Crippen LogP contribution in [0.5, 0.6) is 0 Å². The van der Waals surface area contributed by atoms with E-state index in [0.717, 1.165) is 23.4 Å². The van der Waals surface area contributed by atoms with Gasteiger partial charge < -0.3 is 15.1 Å². The summed E-state index contributed by atoms with van der Waals surface area (Å²) >= 11 is 0. The summed E-state index contributed by atoms with van der Waals surface area (Å²) < 4.78 is 0. The van der Waals surface area contributed by atoms with Gasteiger partial charge in [0.1, 0.15) is 0 Å². The minimum Gasteiger partial charge on any atom is -0.348 e. The Morgan fingerprint density at radius 1 is 1.32 bits per heavy atom. The average Bonchev–Trinajstić information content (AvgIpc) is 3.31. The van der Waals surface area contributed by atoms with Gasteiger partial charge in [-0.2, -0.15) is 0 Å². The van der Waals surface area contributed by atoms with Crippen LogP contribution >= 0.6 is 0 Å². The number of hydrogen-bond acceptors (Lipinski definition) is 2. The van der Waals surface area contributed by atoms with E-state index in [1.54, 1.807) is 4.90 Å². The van der Waals surface area contributed by atoms with E-state index >= 15 is 0 Å². The van der Waals surface area contributed by atoms with Crippen molar-refractivity contribution in [2.24, 2.45) is 0 Å². The van der Waals surface area contributed by atoms with E-state index in [-0.39, 0.29) is 17.9 Å². The van der Waals surface area contributed by atoms with Gasteiger partial charge in [0, 0.05) is 18.3 Å². The third-order valence-electron chi connectivity index (χ3n) is 4.14. The Morgan fingerprint density at radius 2 is 1.95 bits per heavy atom. The summed E-state index contributed by atoms with van der Waals surface area (Å²) in [5.74, 6) is 0.0767. The van der Waals surface area contributed by atoms with Crippen LogP contribution in [0.25, 0.3) is 0 Å². The van der Waals surface area contributed by atoms with Crippen molar-refractivity contribution in [2.75, 3.05) is 25.0 Å². The molecule has 1 saturated carbocycles. The lowest BCUT2D eigenvalue weighted by Gasteiger charge is -2.27. The number of likely N-dealkylation sites (N-methyl/N-ethyl adjacent to an activating group) is 2. The molecule has 2 amide bonds. The Morgan fingerprint density at radius 3 is 2.50 bits per heavy atom. The summed E-state index contributed by atoms with van der Waals surface area (Å²) in [6, 6.07) is 9.76. The number of amides is 2. The van der Waals surface area contributed by atoms with E-state index in [1.165, 1.54) is 0 Å². The van der Waals surface area contributed by atoms with E-state index in [4.69, 9.17) is 0 Å². The van der Waals surface area contributed by atoms with Gasteiger partial charge in [0.05, 0.1) is 7.05 Å². The first-order chi connectivity index (χ1) is 10.5. The molecule has 22 heavy (non-hydrogen) atoms. The molecule has 1 aliphatic rings. The van der Waals surface area contributed by atoms with Crippen LogP contribution in [-0.4, -0.2) is 44.0 Å². The predicted molar refractivity (Wildman–Crippen MR) is 86.8 cm³/mol. The van der Waals surface area contributed by atoms with Crippen LogP contribution in [0.15, 0.2) is 30.3 Å². The number of para-hydroxylation sites is 1. The van der Waals surface area contributed by atoms with Crippen LogP contribution in [0.2, 0.25) is 0 Å². The fraction of sp³-hybridized carbons (Fsp3) is 0.529. The SMILES string of the molecule is CCN(C(=O)[C@@H](C)[NH+](C)CC(=O)NC1CC1)c1ccccc1. The quantitative estimate of drug-likeness (QED) is 0.757. The lowest BCUT2D eigenvalue weighted by atomic mass is 10.2. The van der Waals surface area contributed by atoms with Crippen LogP contribution in [0.3, 0.4) is 0 Å². The number of carbonyl (C=O) groups is 2. The minimum absolute atomic E-state index is 0.0300. The third kappa shape index (κ3) is 4.31. The molecule has 0 spiro atoms. The van der Waals surface area contributed by atoms with E-state index in [1.807, 2.05) is 51.2 Å². The number of carbonyl (C=O) groups excluding carboxylic acids is 2. The minimum atomic E-state index is -0.259. The maximum absolute atomic E-state index is 12.7. The molecule has 0 aromatic heterocycles. The summed E-state index contributed by atoms with van der Waals surface area (Å²) in [5.41, 5.74) is 0.900. The van der Waals surface area contributed by atoms with Gasteiger partial charge in [-0.1, -0.05) is 18.2 Å². The zero-order chi connectivity index (χ0) is 16.1. The number of nitrogens with zero attached hydrogens (tertiary/aromatic N) is 1. The second-order valence-corrected chi connectivity index (χ2v) is 6.00. The van der Waals surface area contributed by atoms with Gasteiger partial charge in [-0.05, 0) is 38.8 Å². The summed E-state index contributed by atoms with van der Waals surface area (Å²) in [4.78, 5) is 27.3. The van der Waals surface area contributed by atoms with Crippen LogP contribution in [-0.2, 0) is 9.59 Å². The first-order valence-corrected chi connectivity index (χ1v) is 8.01. The van der Waals surface area contributed by atoms with Crippen molar-refractivity contribution in [3.05, 3.63) is 30.3 Å². The van der Waals surface area contributed by atoms with Gasteiger partial charge in [0.25, 0.3) is 11.8 Å². The van der Waals surface area contributed by atoms with Crippen molar-refractivity contribution < 1.29 is 14.5 Å². The molecule has 1 aromatic carbocycles. The molecule has 0 aliphatic heterocycles. The highest BCUT2D eigenvalue weighted by Crippen LogP contribution is 2.18.